The molecule has 2 nitrogen and oxygen atoms in total. The van der Waals surface area contributed by atoms with Gasteiger partial charge in [0.2, 0.25) is 0 Å². The summed E-state index contributed by atoms with van der Waals surface area (Å²) in [5, 5.41) is 7.04. The molecule has 1 fully saturated rings. The third-order valence-electron chi connectivity index (χ3n) is 2.75. The summed E-state index contributed by atoms with van der Waals surface area (Å²) in [7, 11) is 0. The van der Waals surface area contributed by atoms with E-state index in [1.54, 1.807) is 0 Å². The normalized spacial score (nSPS) is 20.3. The van der Waals surface area contributed by atoms with Crippen molar-refractivity contribution in [3.8, 4) is 0 Å². The zero-order valence-electron chi connectivity index (χ0n) is 11.3. The van der Waals surface area contributed by atoms with Crippen molar-refractivity contribution in [2.24, 2.45) is 0 Å². The van der Waals surface area contributed by atoms with Crippen LogP contribution < -0.4 is 10.6 Å². The number of rotatable bonds is 2. The van der Waals surface area contributed by atoms with E-state index in [2.05, 4.69) is 55.7 Å². The van der Waals surface area contributed by atoms with Crippen molar-refractivity contribution < 1.29 is 0 Å². The molecule has 1 aromatic carbocycles. The molecule has 0 aromatic heterocycles. The van der Waals surface area contributed by atoms with E-state index in [0.29, 0.717) is 6.04 Å². The van der Waals surface area contributed by atoms with Gasteiger partial charge in [0.05, 0.1) is 0 Å². The first-order valence-corrected chi connectivity index (χ1v) is 7.10. The molecule has 102 valence electrons. The summed E-state index contributed by atoms with van der Waals surface area (Å²) >= 11 is 1.95. The van der Waals surface area contributed by atoms with Gasteiger partial charge in [0.1, 0.15) is 0 Å². The van der Waals surface area contributed by atoms with E-state index < -0.39 is 0 Å². The van der Waals surface area contributed by atoms with E-state index in [4.69, 9.17) is 0 Å². The monoisotopic (exact) mass is 286 g/mol. The predicted molar refractivity (Wildman–Crippen MR) is 82.9 cm³/mol. The highest BCUT2D eigenvalue weighted by atomic mass is 35.5. The van der Waals surface area contributed by atoms with Crippen molar-refractivity contribution in [2.75, 3.05) is 19.6 Å². The highest BCUT2D eigenvalue weighted by Gasteiger charge is 2.20. The van der Waals surface area contributed by atoms with Crippen molar-refractivity contribution in [3.63, 3.8) is 0 Å². The van der Waals surface area contributed by atoms with Crippen LogP contribution >= 0.6 is 24.2 Å². The lowest BCUT2D eigenvalue weighted by Gasteiger charge is -2.28. The van der Waals surface area contributed by atoms with Crippen LogP contribution in [0.4, 0.5) is 0 Å². The smallest absolute Gasteiger partial charge is 0.0458 e. The molecule has 1 heterocycles. The van der Waals surface area contributed by atoms with Gasteiger partial charge in [0, 0.05) is 35.3 Å². The largest absolute Gasteiger partial charge is 0.314 e. The molecule has 0 bridgehead atoms. The van der Waals surface area contributed by atoms with Gasteiger partial charge < -0.3 is 10.6 Å². The zero-order chi connectivity index (χ0) is 12.3. The maximum atomic E-state index is 3.59. The van der Waals surface area contributed by atoms with Crippen molar-refractivity contribution in [2.45, 2.75) is 36.5 Å². The number of hydrogen-bond acceptors (Lipinski definition) is 3. The van der Waals surface area contributed by atoms with Gasteiger partial charge in [-0.05, 0) is 11.6 Å². The Bertz CT molecular complexity index is 370. The van der Waals surface area contributed by atoms with Crippen LogP contribution in [0.3, 0.4) is 0 Å². The van der Waals surface area contributed by atoms with Gasteiger partial charge in [-0.15, -0.1) is 24.2 Å². The molecule has 1 aliphatic rings. The lowest BCUT2D eigenvalue weighted by molar-refractivity contribution is 0.426. The average Bonchev–Trinajstić information content (AvgIpc) is 2.29. The van der Waals surface area contributed by atoms with E-state index in [9.17, 15) is 0 Å². The lowest BCUT2D eigenvalue weighted by atomic mass is 10.1. The molecule has 0 spiro atoms. The van der Waals surface area contributed by atoms with Crippen molar-refractivity contribution in [1.82, 2.24) is 10.6 Å². The molecule has 0 saturated carbocycles. The SMILES string of the molecule is CC(C)(C)Sc1ccccc1[C@@H]1CNCCN1.Cl. The van der Waals surface area contributed by atoms with Crippen LogP contribution in [0.1, 0.15) is 32.4 Å². The van der Waals surface area contributed by atoms with E-state index in [-0.39, 0.29) is 17.2 Å². The summed E-state index contributed by atoms with van der Waals surface area (Å²) < 4.78 is 0.262. The average molecular weight is 287 g/mol. The fourth-order valence-electron chi connectivity index (χ4n) is 2.06. The summed E-state index contributed by atoms with van der Waals surface area (Å²) in [6, 6.07) is 9.21. The molecular formula is C14H23ClN2S. The second kappa shape index (κ2) is 6.80. The van der Waals surface area contributed by atoms with E-state index in [1.165, 1.54) is 10.5 Å². The quantitative estimate of drug-likeness (QED) is 0.816. The Morgan fingerprint density at radius 1 is 1.17 bits per heavy atom. The van der Waals surface area contributed by atoms with Gasteiger partial charge in [0.15, 0.2) is 0 Å². The van der Waals surface area contributed by atoms with Crippen LogP contribution in [0.5, 0.6) is 0 Å². The van der Waals surface area contributed by atoms with Gasteiger partial charge in [-0.3, -0.25) is 0 Å². The molecule has 1 atom stereocenters. The van der Waals surface area contributed by atoms with Crippen LogP contribution in [0, 0.1) is 0 Å². The highest BCUT2D eigenvalue weighted by Crippen LogP contribution is 2.36. The van der Waals surface area contributed by atoms with E-state index >= 15 is 0 Å². The molecule has 4 heteroatoms. The van der Waals surface area contributed by atoms with Crippen molar-refractivity contribution in [3.05, 3.63) is 29.8 Å². The molecule has 2 rings (SSSR count). The molecule has 1 saturated heterocycles. The molecule has 0 aliphatic carbocycles. The van der Waals surface area contributed by atoms with Gasteiger partial charge in [0.25, 0.3) is 0 Å². The Labute approximate surface area is 121 Å². The van der Waals surface area contributed by atoms with Crippen molar-refractivity contribution in [1.29, 1.82) is 0 Å². The summed E-state index contributed by atoms with van der Waals surface area (Å²) in [5.74, 6) is 0. The maximum absolute atomic E-state index is 3.59. The molecule has 0 radical (unpaired) electrons. The third kappa shape index (κ3) is 4.47. The minimum absolute atomic E-state index is 0. The topological polar surface area (TPSA) is 24.1 Å². The summed E-state index contributed by atoms with van der Waals surface area (Å²) in [6.45, 7) is 9.95. The van der Waals surface area contributed by atoms with Gasteiger partial charge in [-0.25, -0.2) is 0 Å². The van der Waals surface area contributed by atoms with Gasteiger partial charge in [-0.2, -0.15) is 0 Å². The van der Waals surface area contributed by atoms with Crippen LogP contribution in [0.2, 0.25) is 0 Å². The van der Waals surface area contributed by atoms with Crippen LogP contribution in [0.15, 0.2) is 29.2 Å². The van der Waals surface area contributed by atoms with Crippen LogP contribution in [0.25, 0.3) is 0 Å². The highest BCUT2D eigenvalue weighted by molar-refractivity contribution is 8.00. The first-order chi connectivity index (χ1) is 8.06. The van der Waals surface area contributed by atoms with Crippen LogP contribution in [-0.2, 0) is 0 Å². The third-order valence-corrected chi connectivity index (χ3v) is 3.96. The Morgan fingerprint density at radius 3 is 2.50 bits per heavy atom. The van der Waals surface area contributed by atoms with E-state index in [1.807, 2.05) is 11.8 Å². The summed E-state index contributed by atoms with van der Waals surface area (Å²) in [4.78, 5) is 1.40. The molecule has 0 unspecified atom stereocenters. The number of hydrogen-bond donors (Lipinski definition) is 2. The first kappa shape index (κ1) is 15.8. The van der Waals surface area contributed by atoms with E-state index in [0.717, 1.165) is 19.6 Å². The molecule has 1 aromatic rings. The Balaban J connectivity index is 0.00000162. The maximum Gasteiger partial charge on any atom is 0.0458 e. The molecule has 18 heavy (non-hydrogen) atoms. The summed E-state index contributed by atoms with van der Waals surface area (Å²) in [5.41, 5.74) is 1.43. The zero-order valence-corrected chi connectivity index (χ0v) is 13.0. The number of thioether (sulfide) groups is 1. The van der Waals surface area contributed by atoms with Gasteiger partial charge >= 0.3 is 0 Å². The fourth-order valence-corrected chi connectivity index (χ4v) is 3.20. The molecule has 0 amide bonds. The summed E-state index contributed by atoms with van der Waals surface area (Å²) in [6.07, 6.45) is 0. The lowest BCUT2D eigenvalue weighted by Crippen LogP contribution is -2.42. The Kier molecular flexibility index (Phi) is 5.99. The molecule has 2 N–H and O–H groups in total. The molecule has 1 aliphatic heterocycles. The second-order valence-electron chi connectivity index (χ2n) is 5.46. The molecular weight excluding hydrogens is 264 g/mol. The standard InChI is InChI=1S/C14H22N2S.ClH/c1-14(2,3)17-13-7-5-4-6-11(13)12-10-15-8-9-16-12;/h4-7,12,15-16H,8-10H2,1-3H3;1H/t12-;/m0./s1. The van der Waals surface area contributed by atoms with Gasteiger partial charge in [-0.1, -0.05) is 39.0 Å². The Hall–Kier alpha value is -0.220. The number of halogens is 1. The second-order valence-corrected chi connectivity index (χ2v) is 7.33. The minimum Gasteiger partial charge on any atom is -0.314 e. The number of benzene rings is 1. The predicted octanol–water partition coefficient (Wildman–Crippen LogP) is 3.23. The van der Waals surface area contributed by atoms with Crippen molar-refractivity contribution >= 4 is 24.2 Å². The Morgan fingerprint density at radius 2 is 1.89 bits per heavy atom. The van der Waals surface area contributed by atoms with Crippen LogP contribution in [-0.4, -0.2) is 24.4 Å². The fraction of sp³-hybridized carbons (Fsp3) is 0.571. The minimum atomic E-state index is 0. The number of piperazine rings is 1. The number of nitrogens with one attached hydrogen (secondary N) is 2. The first-order valence-electron chi connectivity index (χ1n) is 6.28.